The monoisotopic (exact) mass is 345 g/mol. The first kappa shape index (κ1) is 18.1. The molecule has 5 heteroatoms. The van der Waals surface area contributed by atoms with E-state index in [1.165, 1.54) is 24.8 Å². The lowest BCUT2D eigenvalue weighted by atomic mass is 9.89. The Bertz CT molecular complexity index is 570. The summed E-state index contributed by atoms with van der Waals surface area (Å²) in [4.78, 5) is 16.9. The third kappa shape index (κ3) is 4.66. The van der Waals surface area contributed by atoms with E-state index < -0.39 is 0 Å². The average molecular weight is 345 g/mol. The number of amides is 2. The van der Waals surface area contributed by atoms with Gasteiger partial charge in [0.25, 0.3) is 0 Å². The number of phenolic OH excluding ortho intramolecular Hbond substituents is 1. The second-order valence-electron chi connectivity index (χ2n) is 7.32. The smallest absolute Gasteiger partial charge is 0.317 e. The molecule has 0 aromatic heterocycles. The summed E-state index contributed by atoms with van der Waals surface area (Å²) in [6.45, 7) is 6.76. The minimum atomic E-state index is 0.0796. The fourth-order valence-corrected chi connectivity index (χ4v) is 4.22. The summed E-state index contributed by atoms with van der Waals surface area (Å²) in [6.07, 6.45) is 5.66. The molecule has 0 aliphatic carbocycles. The zero-order valence-electron chi connectivity index (χ0n) is 15.3. The highest BCUT2D eigenvalue weighted by atomic mass is 16.3. The quantitative estimate of drug-likeness (QED) is 0.881. The molecule has 2 fully saturated rings. The third-order valence-electron chi connectivity index (χ3n) is 5.77. The van der Waals surface area contributed by atoms with Crippen LogP contribution >= 0.6 is 0 Å². The Morgan fingerprint density at radius 1 is 1.20 bits per heavy atom. The Balaban J connectivity index is 1.45. The Morgan fingerprint density at radius 3 is 2.72 bits per heavy atom. The number of benzene rings is 1. The van der Waals surface area contributed by atoms with Gasteiger partial charge in [0.2, 0.25) is 0 Å². The Morgan fingerprint density at radius 2 is 2.00 bits per heavy atom. The topological polar surface area (TPSA) is 55.8 Å². The first-order valence-corrected chi connectivity index (χ1v) is 9.73. The number of likely N-dealkylation sites (N-methyl/N-ethyl adjacent to an activating group) is 1. The van der Waals surface area contributed by atoms with Crippen molar-refractivity contribution in [2.75, 3.05) is 32.7 Å². The van der Waals surface area contributed by atoms with Crippen molar-refractivity contribution < 1.29 is 9.90 Å². The van der Waals surface area contributed by atoms with Gasteiger partial charge < -0.3 is 15.3 Å². The highest BCUT2D eigenvalue weighted by molar-refractivity contribution is 5.74. The number of aromatic hydroxyl groups is 1. The highest BCUT2D eigenvalue weighted by Gasteiger charge is 2.26. The molecule has 1 aromatic rings. The van der Waals surface area contributed by atoms with Crippen LogP contribution < -0.4 is 5.32 Å². The van der Waals surface area contributed by atoms with Crippen molar-refractivity contribution >= 4 is 6.03 Å². The third-order valence-corrected chi connectivity index (χ3v) is 5.77. The molecule has 2 saturated heterocycles. The molecule has 2 aliphatic heterocycles. The molecule has 2 aliphatic rings. The van der Waals surface area contributed by atoms with Gasteiger partial charge in [-0.2, -0.15) is 0 Å². The molecule has 25 heavy (non-hydrogen) atoms. The van der Waals surface area contributed by atoms with Crippen LogP contribution in [0.5, 0.6) is 5.75 Å². The van der Waals surface area contributed by atoms with Crippen LogP contribution in [0.3, 0.4) is 0 Å². The van der Waals surface area contributed by atoms with Crippen molar-refractivity contribution in [3.8, 4) is 5.75 Å². The largest absolute Gasteiger partial charge is 0.508 e. The molecule has 1 aromatic carbocycles. The molecule has 0 radical (unpaired) electrons. The van der Waals surface area contributed by atoms with Crippen LogP contribution in [-0.2, 0) is 0 Å². The molecule has 5 nitrogen and oxygen atoms in total. The molecule has 1 atom stereocenters. The molecule has 1 unspecified atom stereocenters. The Hall–Kier alpha value is -1.75. The first-order valence-electron chi connectivity index (χ1n) is 9.73. The summed E-state index contributed by atoms with van der Waals surface area (Å²) in [5.74, 6) is 0.760. The van der Waals surface area contributed by atoms with E-state index in [1.807, 2.05) is 17.0 Å². The summed E-state index contributed by atoms with van der Waals surface area (Å²) >= 11 is 0. The Labute approximate surface area is 151 Å². The van der Waals surface area contributed by atoms with Gasteiger partial charge in [-0.1, -0.05) is 25.5 Å². The lowest BCUT2D eigenvalue weighted by Crippen LogP contribution is -2.50. The van der Waals surface area contributed by atoms with E-state index >= 15 is 0 Å². The fourth-order valence-electron chi connectivity index (χ4n) is 4.22. The second-order valence-corrected chi connectivity index (χ2v) is 7.32. The van der Waals surface area contributed by atoms with E-state index in [4.69, 9.17) is 0 Å². The van der Waals surface area contributed by atoms with Gasteiger partial charge in [0.05, 0.1) is 0 Å². The number of hydrogen-bond donors (Lipinski definition) is 2. The fraction of sp³-hybridized carbons (Fsp3) is 0.650. The normalized spacial score (nSPS) is 22.8. The van der Waals surface area contributed by atoms with E-state index in [9.17, 15) is 9.90 Å². The lowest BCUT2D eigenvalue weighted by Gasteiger charge is -2.36. The van der Waals surface area contributed by atoms with Crippen molar-refractivity contribution in [3.63, 3.8) is 0 Å². The van der Waals surface area contributed by atoms with Crippen molar-refractivity contribution in [1.82, 2.24) is 15.1 Å². The molecule has 2 N–H and O–H groups in total. The Kier molecular flexibility index (Phi) is 6.19. The summed E-state index contributed by atoms with van der Waals surface area (Å²) in [5.41, 5.74) is 1.18. The van der Waals surface area contributed by atoms with Crippen LogP contribution in [0.2, 0.25) is 0 Å². The summed E-state index contributed by atoms with van der Waals surface area (Å²) in [5, 5.41) is 12.8. The lowest BCUT2D eigenvalue weighted by molar-refractivity contribution is 0.145. The van der Waals surface area contributed by atoms with Gasteiger partial charge >= 0.3 is 6.03 Å². The van der Waals surface area contributed by atoms with Crippen LogP contribution in [0.1, 0.15) is 50.5 Å². The van der Waals surface area contributed by atoms with Gasteiger partial charge in [-0.25, -0.2) is 4.79 Å². The number of carbonyl (C=O) groups excluding carboxylic acids is 1. The number of hydrogen-bond acceptors (Lipinski definition) is 3. The van der Waals surface area contributed by atoms with Gasteiger partial charge in [-0.15, -0.1) is 0 Å². The molecule has 0 spiro atoms. The van der Waals surface area contributed by atoms with E-state index in [0.29, 0.717) is 17.7 Å². The van der Waals surface area contributed by atoms with Gasteiger partial charge in [-0.3, -0.25) is 4.90 Å². The van der Waals surface area contributed by atoms with Gasteiger partial charge in [0.1, 0.15) is 5.75 Å². The van der Waals surface area contributed by atoms with Crippen LogP contribution in [0.4, 0.5) is 4.79 Å². The summed E-state index contributed by atoms with van der Waals surface area (Å²) < 4.78 is 0. The van der Waals surface area contributed by atoms with Crippen molar-refractivity contribution in [1.29, 1.82) is 0 Å². The van der Waals surface area contributed by atoms with E-state index in [1.54, 1.807) is 6.07 Å². The summed E-state index contributed by atoms with van der Waals surface area (Å²) in [7, 11) is 0. The standard InChI is InChI=1S/C20H31N3O2/c1-2-22-11-4-3-7-18(22)15-21-20(25)23-12-9-16(10-13-23)17-6-5-8-19(24)14-17/h5-6,8,14,16,18,24H,2-4,7,9-13,15H2,1H3,(H,21,25). The van der Waals surface area contributed by atoms with Gasteiger partial charge in [-0.05, 0) is 62.4 Å². The van der Waals surface area contributed by atoms with Crippen LogP contribution in [0.15, 0.2) is 24.3 Å². The van der Waals surface area contributed by atoms with E-state index in [0.717, 1.165) is 45.6 Å². The predicted octanol–water partition coefficient (Wildman–Crippen LogP) is 3.16. The molecule has 2 heterocycles. The molecule has 0 bridgehead atoms. The number of nitrogens with zero attached hydrogens (tertiary/aromatic N) is 2. The predicted molar refractivity (Wildman–Crippen MR) is 99.9 cm³/mol. The SMILES string of the molecule is CCN1CCCCC1CNC(=O)N1CCC(c2cccc(O)c2)CC1. The van der Waals surface area contributed by atoms with Crippen LogP contribution in [-0.4, -0.2) is 59.7 Å². The van der Waals surface area contributed by atoms with Crippen molar-refractivity contribution in [3.05, 3.63) is 29.8 Å². The van der Waals surface area contributed by atoms with Crippen molar-refractivity contribution in [2.24, 2.45) is 0 Å². The zero-order valence-corrected chi connectivity index (χ0v) is 15.3. The minimum absolute atomic E-state index is 0.0796. The number of piperidine rings is 2. The molecule has 2 amide bonds. The van der Waals surface area contributed by atoms with E-state index in [2.05, 4.69) is 23.2 Å². The zero-order chi connectivity index (χ0) is 17.6. The number of phenols is 1. The number of likely N-dealkylation sites (tertiary alicyclic amines) is 2. The maximum absolute atomic E-state index is 12.5. The molecular weight excluding hydrogens is 314 g/mol. The first-order chi connectivity index (χ1) is 12.2. The molecule has 0 saturated carbocycles. The number of nitrogens with one attached hydrogen (secondary N) is 1. The number of urea groups is 1. The second kappa shape index (κ2) is 8.56. The molecular formula is C20H31N3O2. The highest BCUT2D eigenvalue weighted by Crippen LogP contribution is 2.29. The number of rotatable bonds is 4. The number of carbonyl (C=O) groups is 1. The maximum Gasteiger partial charge on any atom is 0.317 e. The van der Waals surface area contributed by atoms with Crippen molar-refractivity contribution in [2.45, 2.75) is 51.0 Å². The average Bonchev–Trinajstić information content (AvgIpc) is 2.66. The molecule has 138 valence electrons. The van der Waals surface area contributed by atoms with E-state index in [-0.39, 0.29) is 6.03 Å². The van der Waals surface area contributed by atoms with Crippen LogP contribution in [0.25, 0.3) is 0 Å². The van der Waals surface area contributed by atoms with Crippen LogP contribution in [0, 0.1) is 0 Å². The minimum Gasteiger partial charge on any atom is -0.508 e. The maximum atomic E-state index is 12.5. The van der Waals surface area contributed by atoms with Gasteiger partial charge in [0, 0.05) is 25.7 Å². The summed E-state index contributed by atoms with van der Waals surface area (Å²) in [6, 6.07) is 8.10. The molecule has 3 rings (SSSR count). The van der Waals surface area contributed by atoms with Gasteiger partial charge in [0.15, 0.2) is 0 Å².